The number of fused-ring (bicyclic) bond motifs is 5. The molecule has 3 aromatic carbocycles. The number of non-ortho nitro benzene ring substituents is 1. The SMILES string of the molecule is CC(C)(C)OC(=O)[C@@H]1[C@H](c2ccc([N+](=O)[O-])cc2)C2(C(=O)c3ccccc3C2=O)[C@@H]2c3ccccc3C=NN12. The summed E-state index contributed by atoms with van der Waals surface area (Å²) < 4.78 is 5.84. The average molecular weight is 524 g/mol. The van der Waals surface area contributed by atoms with Crippen molar-refractivity contribution in [3.63, 3.8) is 0 Å². The summed E-state index contributed by atoms with van der Waals surface area (Å²) in [5, 5.41) is 17.6. The normalized spacial score (nSPS) is 22.4. The number of ether oxygens (including phenoxy) is 1. The van der Waals surface area contributed by atoms with Gasteiger partial charge in [0, 0.05) is 29.2 Å². The Morgan fingerprint density at radius 3 is 2.13 bits per heavy atom. The third-order valence-electron chi connectivity index (χ3n) is 7.69. The van der Waals surface area contributed by atoms with E-state index in [1.807, 2.05) is 24.3 Å². The second kappa shape index (κ2) is 8.42. The first kappa shape index (κ1) is 24.7. The average Bonchev–Trinajstić information content (AvgIpc) is 3.34. The van der Waals surface area contributed by atoms with Gasteiger partial charge in [0.2, 0.25) is 0 Å². The van der Waals surface area contributed by atoms with Crippen molar-refractivity contribution >= 4 is 29.4 Å². The third kappa shape index (κ3) is 3.46. The summed E-state index contributed by atoms with van der Waals surface area (Å²) in [6, 6.07) is 17.6. The van der Waals surface area contributed by atoms with Crippen LogP contribution in [-0.2, 0) is 9.53 Å². The van der Waals surface area contributed by atoms with Crippen LogP contribution in [0.25, 0.3) is 0 Å². The molecule has 3 aliphatic rings. The van der Waals surface area contributed by atoms with Gasteiger partial charge in [-0.3, -0.25) is 24.7 Å². The molecule has 39 heavy (non-hydrogen) atoms. The predicted molar refractivity (Wildman–Crippen MR) is 142 cm³/mol. The van der Waals surface area contributed by atoms with Crippen LogP contribution in [0.2, 0.25) is 0 Å². The van der Waals surface area contributed by atoms with E-state index in [1.165, 1.54) is 29.3 Å². The van der Waals surface area contributed by atoms with Gasteiger partial charge in [0.05, 0.1) is 17.2 Å². The number of rotatable bonds is 3. The van der Waals surface area contributed by atoms with Crippen LogP contribution in [0.15, 0.2) is 77.9 Å². The molecule has 9 heteroatoms. The highest BCUT2D eigenvalue weighted by atomic mass is 16.6. The molecule has 0 bridgehead atoms. The molecule has 1 fully saturated rings. The number of nitro benzene ring substituents is 1. The molecule has 2 heterocycles. The maximum absolute atomic E-state index is 14.5. The molecule has 6 rings (SSSR count). The van der Waals surface area contributed by atoms with E-state index < -0.39 is 51.5 Å². The largest absolute Gasteiger partial charge is 0.458 e. The van der Waals surface area contributed by atoms with Gasteiger partial charge in [0.15, 0.2) is 17.6 Å². The highest BCUT2D eigenvalue weighted by Crippen LogP contribution is 2.64. The van der Waals surface area contributed by atoms with Crippen LogP contribution in [-0.4, -0.2) is 45.3 Å². The molecule has 2 aliphatic heterocycles. The number of Topliss-reactive ketones (excluding diaryl/α,β-unsaturated/α-hetero) is 2. The Morgan fingerprint density at radius 2 is 1.54 bits per heavy atom. The second-order valence-electron chi connectivity index (χ2n) is 11.0. The number of benzene rings is 3. The fourth-order valence-electron chi connectivity index (χ4n) is 6.29. The smallest absolute Gasteiger partial charge is 0.331 e. The van der Waals surface area contributed by atoms with E-state index in [1.54, 1.807) is 51.3 Å². The van der Waals surface area contributed by atoms with Gasteiger partial charge in [-0.2, -0.15) is 5.10 Å². The van der Waals surface area contributed by atoms with Crippen LogP contribution in [0, 0.1) is 15.5 Å². The van der Waals surface area contributed by atoms with Gasteiger partial charge in [0.25, 0.3) is 5.69 Å². The number of carbonyl (C=O) groups excluding carboxylic acids is 3. The monoisotopic (exact) mass is 523 g/mol. The quantitative estimate of drug-likeness (QED) is 0.208. The summed E-state index contributed by atoms with van der Waals surface area (Å²) in [4.78, 5) is 53.9. The molecule has 9 nitrogen and oxygen atoms in total. The molecule has 3 aromatic rings. The summed E-state index contributed by atoms with van der Waals surface area (Å²) in [7, 11) is 0. The molecule has 196 valence electrons. The number of nitro groups is 1. The van der Waals surface area contributed by atoms with Gasteiger partial charge in [-0.25, -0.2) is 4.79 Å². The van der Waals surface area contributed by atoms with Crippen molar-refractivity contribution < 1.29 is 24.0 Å². The number of carbonyl (C=O) groups is 3. The molecule has 0 N–H and O–H groups in total. The maximum atomic E-state index is 14.5. The van der Waals surface area contributed by atoms with Crippen LogP contribution >= 0.6 is 0 Å². The first-order chi connectivity index (χ1) is 18.6. The highest BCUT2D eigenvalue weighted by Gasteiger charge is 2.73. The molecule has 0 saturated carbocycles. The molecule has 0 unspecified atom stereocenters. The van der Waals surface area contributed by atoms with E-state index in [4.69, 9.17) is 4.74 Å². The van der Waals surface area contributed by atoms with Crippen molar-refractivity contribution in [2.75, 3.05) is 0 Å². The second-order valence-corrected chi connectivity index (χ2v) is 11.0. The summed E-state index contributed by atoms with van der Waals surface area (Å²) in [6.45, 7) is 5.22. The van der Waals surface area contributed by atoms with Crippen molar-refractivity contribution in [3.05, 3.63) is 111 Å². The van der Waals surface area contributed by atoms with Crippen LogP contribution in [0.1, 0.15) is 70.1 Å². The summed E-state index contributed by atoms with van der Waals surface area (Å²) in [6.07, 6.45) is 1.62. The first-order valence-electron chi connectivity index (χ1n) is 12.6. The molecule has 1 spiro atoms. The van der Waals surface area contributed by atoms with Gasteiger partial charge in [-0.15, -0.1) is 0 Å². The Morgan fingerprint density at radius 1 is 0.949 bits per heavy atom. The van der Waals surface area contributed by atoms with Crippen molar-refractivity contribution in [2.45, 2.75) is 44.4 Å². The van der Waals surface area contributed by atoms with Crippen molar-refractivity contribution in [1.82, 2.24) is 5.01 Å². The van der Waals surface area contributed by atoms with Crippen LogP contribution in [0.4, 0.5) is 5.69 Å². The van der Waals surface area contributed by atoms with Gasteiger partial charge in [0.1, 0.15) is 11.0 Å². The number of hydrazone groups is 1. The van der Waals surface area contributed by atoms with E-state index in [2.05, 4.69) is 5.10 Å². The molecule has 3 atom stereocenters. The molecular weight excluding hydrogens is 498 g/mol. The zero-order chi connectivity index (χ0) is 27.7. The van der Waals surface area contributed by atoms with Gasteiger partial charge < -0.3 is 4.74 Å². The lowest BCUT2D eigenvalue weighted by molar-refractivity contribution is -0.384. The van der Waals surface area contributed by atoms with Gasteiger partial charge in [-0.1, -0.05) is 60.7 Å². The van der Waals surface area contributed by atoms with E-state index >= 15 is 0 Å². The predicted octanol–water partition coefficient (Wildman–Crippen LogP) is 4.86. The summed E-state index contributed by atoms with van der Waals surface area (Å²) >= 11 is 0. The summed E-state index contributed by atoms with van der Waals surface area (Å²) in [5.74, 6) is -2.48. The molecular formula is C30H25N3O6. The minimum atomic E-state index is -1.75. The van der Waals surface area contributed by atoms with E-state index in [9.17, 15) is 24.5 Å². The molecule has 1 aliphatic carbocycles. The number of esters is 1. The lowest BCUT2D eigenvalue weighted by atomic mass is 9.63. The minimum absolute atomic E-state index is 0.145. The van der Waals surface area contributed by atoms with Crippen molar-refractivity contribution in [2.24, 2.45) is 10.5 Å². The molecule has 1 saturated heterocycles. The minimum Gasteiger partial charge on any atom is -0.458 e. The molecule has 0 radical (unpaired) electrons. The van der Waals surface area contributed by atoms with E-state index in [-0.39, 0.29) is 16.8 Å². The number of nitrogens with zero attached hydrogens (tertiary/aromatic N) is 3. The molecule has 0 aromatic heterocycles. The molecule has 0 amide bonds. The van der Waals surface area contributed by atoms with Crippen LogP contribution < -0.4 is 0 Å². The zero-order valence-electron chi connectivity index (χ0n) is 21.5. The van der Waals surface area contributed by atoms with Gasteiger partial charge in [-0.05, 0) is 37.5 Å². The Bertz CT molecular complexity index is 1550. The lowest BCUT2D eigenvalue weighted by Crippen LogP contribution is -2.44. The topological polar surface area (TPSA) is 119 Å². The fourth-order valence-corrected chi connectivity index (χ4v) is 6.29. The standard InChI is InChI=1S/C30H25N3O6/c1-29(2,3)39-28(36)24-23(17-12-14-19(15-13-17)33(37)38)30(26(34)21-10-6-7-11-22(21)27(30)35)25-20-9-5-4-8-18(20)16-31-32(24)25/h4-16,23-25H,1-3H3/t23-,24-,25-/m0/s1. The van der Waals surface area contributed by atoms with Crippen LogP contribution in [0.5, 0.6) is 0 Å². The van der Waals surface area contributed by atoms with Gasteiger partial charge >= 0.3 is 5.97 Å². The maximum Gasteiger partial charge on any atom is 0.331 e. The zero-order valence-corrected chi connectivity index (χ0v) is 21.5. The first-order valence-corrected chi connectivity index (χ1v) is 12.6. The number of hydrogen-bond acceptors (Lipinski definition) is 8. The van der Waals surface area contributed by atoms with E-state index in [0.29, 0.717) is 11.1 Å². The number of ketones is 2. The Balaban J connectivity index is 1.66. The number of hydrogen-bond donors (Lipinski definition) is 0. The fraction of sp³-hybridized carbons (Fsp3) is 0.267. The Kier molecular flexibility index (Phi) is 5.33. The van der Waals surface area contributed by atoms with Crippen LogP contribution in [0.3, 0.4) is 0 Å². The van der Waals surface area contributed by atoms with Crippen molar-refractivity contribution in [3.8, 4) is 0 Å². The highest BCUT2D eigenvalue weighted by molar-refractivity contribution is 6.31. The van der Waals surface area contributed by atoms with Crippen molar-refractivity contribution in [1.29, 1.82) is 0 Å². The van der Waals surface area contributed by atoms with E-state index in [0.717, 1.165) is 5.56 Å². The Hall–Kier alpha value is -4.66. The lowest BCUT2D eigenvalue weighted by Gasteiger charge is -2.36. The third-order valence-corrected chi connectivity index (χ3v) is 7.69. The Labute approximate surface area is 224 Å². The summed E-state index contributed by atoms with van der Waals surface area (Å²) in [5.41, 5.74) is -0.317.